The molecule has 6 nitrogen and oxygen atoms in total. The molecule has 0 bridgehead atoms. The van der Waals surface area contributed by atoms with Crippen LogP contribution in [-0.4, -0.2) is 37.2 Å². The van der Waals surface area contributed by atoms with E-state index in [-0.39, 0.29) is 31.1 Å². The number of esters is 3. The number of hydrogen-bond donors (Lipinski definition) is 0. The predicted octanol–water partition coefficient (Wildman–Crippen LogP) is 22.2. The molecule has 0 saturated heterocycles. The zero-order valence-corrected chi connectivity index (χ0v) is 50.6. The molecule has 0 aromatic rings. The van der Waals surface area contributed by atoms with E-state index in [0.29, 0.717) is 19.3 Å². The molecule has 6 heteroatoms. The summed E-state index contributed by atoms with van der Waals surface area (Å²) in [5.41, 5.74) is 0. The second-order valence-electron chi connectivity index (χ2n) is 20.9. The number of hydrogen-bond acceptors (Lipinski definition) is 6. The molecule has 0 saturated carbocycles. The fourth-order valence-corrected chi connectivity index (χ4v) is 8.65. The van der Waals surface area contributed by atoms with E-state index in [1.807, 2.05) is 0 Å². The molecule has 0 rings (SSSR count). The summed E-state index contributed by atoms with van der Waals surface area (Å²) >= 11 is 0. The van der Waals surface area contributed by atoms with Crippen molar-refractivity contribution in [2.45, 2.75) is 290 Å². The Balaban J connectivity index is 4.38. The second-order valence-corrected chi connectivity index (χ2v) is 20.9. The lowest BCUT2D eigenvalue weighted by molar-refractivity contribution is -0.167. The van der Waals surface area contributed by atoms with Crippen molar-refractivity contribution in [3.05, 3.63) is 134 Å². The van der Waals surface area contributed by atoms with Gasteiger partial charge in [-0.3, -0.25) is 14.4 Å². The van der Waals surface area contributed by atoms with Crippen LogP contribution < -0.4 is 0 Å². The molecule has 0 radical (unpaired) electrons. The van der Waals surface area contributed by atoms with E-state index in [2.05, 4.69) is 154 Å². The van der Waals surface area contributed by atoms with Gasteiger partial charge in [0.1, 0.15) is 13.2 Å². The molecule has 0 spiro atoms. The van der Waals surface area contributed by atoms with Crippen LogP contribution in [0.25, 0.3) is 0 Å². The lowest BCUT2D eigenvalue weighted by Gasteiger charge is -2.18. The number of allylic oxidation sites excluding steroid dienone is 22. The van der Waals surface area contributed by atoms with Crippen LogP contribution >= 0.6 is 0 Å². The van der Waals surface area contributed by atoms with E-state index in [1.54, 1.807) is 0 Å². The molecule has 0 aliphatic rings. The fraction of sp³-hybridized carbons (Fsp3) is 0.653. The smallest absolute Gasteiger partial charge is 0.306 e. The van der Waals surface area contributed by atoms with Crippen LogP contribution in [0.5, 0.6) is 0 Å². The van der Waals surface area contributed by atoms with Crippen LogP contribution in [0.2, 0.25) is 0 Å². The third-order valence-corrected chi connectivity index (χ3v) is 13.4. The molecule has 0 amide bonds. The van der Waals surface area contributed by atoms with Gasteiger partial charge in [-0.25, -0.2) is 0 Å². The molecule has 0 heterocycles. The van der Waals surface area contributed by atoms with E-state index >= 15 is 0 Å². The molecular formula is C72H118O6. The van der Waals surface area contributed by atoms with Gasteiger partial charge in [0.2, 0.25) is 0 Å². The highest BCUT2D eigenvalue weighted by molar-refractivity contribution is 5.71. The minimum Gasteiger partial charge on any atom is -0.462 e. The number of ether oxygens (including phenoxy) is 3. The van der Waals surface area contributed by atoms with Crippen molar-refractivity contribution in [3.63, 3.8) is 0 Å². The van der Waals surface area contributed by atoms with Crippen molar-refractivity contribution in [2.24, 2.45) is 0 Å². The fourth-order valence-electron chi connectivity index (χ4n) is 8.65. The summed E-state index contributed by atoms with van der Waals surface area (Å²) in [6.07, 6.45) is 91.7. The van der Waals surface area contributed by atoms with Crippen LogP contribution in [0.1, 0.15) is 284 Å². The highest BCUT2D eigenvalue weighted by Crippen LogP contribution is 2.16. The standard InChI is InChI=1S/C72H118O6/c1-4-7-10-13-16-19-22-25-28-30-31-32-33-34-35-36-37-38-39-40-41-42-45-47-50-53-56-59-62-65-71(74)77-68-69(67-76-70(73)64-61-58-55-52-49-46-43-27-24-21-18-15-12-9-6-3)78-72(75)66-63-60-57-54-51-48-44-29-26-23-20-17-14-11-8-5-2/h7,9-10,12,16,18-19,21,25,27-28,31-32,34-35,37-38,40-41,43,49,52,69H,4-6,8,11,13-15,17,20,22-24,26,29-30,33,36,39,42,44-48,50-51,53-68H2,1-3H3/b10-7-,12-9-,19-16-,21-18-,28-25-,32-31-,35-34-,38-37-,41-40-,43-27-,52-49-. The van der Waals surface area contributed by atoms with Crippen molar-refractivity contribution < 1.29 is 28.6 Å². The Hall–Kier alpha value is -4.45. The van der Waals surface area contributed by atoms with Crippen molar-refractivity contribution >= 4 is 17.9 Å². The van der Waals surface area contributed by atoms with Gasteiger partial charge in [0.15, 0.2) is 6.10 Å². The first-order valence-corrected chi connectivity index (χ1v) is 32.2. The molecular weight excluding hydrogens is 961 g/mol. The minimum absolute atomic E-state index is 0.0987. The first-order valence-electron chi connectivity index (χ1n) is 32.2. The third-order valence-electron chi connectivity index (χ3n) is 13.4. The van der Waals surface area contributed by atoms with Gasteiger partial charge in [-0.05, 0) is 116 Å². The minimum atomic E-state index is -0.803. The topological polar surface area (TPSA) is 78.9 Å². The number of unbranched alkanes of at least 4 members (excludes halogenated alkanes) is 24. The van der Waals surface area contributed by atoms with Gasteiger partial charge in [0, 0.05) is 19.3 Å². The van der Waals surface area contributed by atoms with Crippen LogP contribution in [0.15, 0.2) is 134 Å². The number of carbonyl (C=O) groups excluding carboxylic acids is 3. The Morgan fingerprint density at radius 2 is 0.500 bits per heavy atom. The Morgan fingerprint density at radius 3 is 0.808 bits per heavy atom. The highest BCUT2D eigenvalue weighted by atomic mass is 16.6. The molecule has 0 N–H and O–H groups in total. The van der Waals surface area contributed by atoms with Crippen LogP contribution in [0.3, 0.4) is 0 Å². The average molecular weight is 1080 g/mol. The Bertz CT molecular complexity index is 1670. The quantitative estimate of drug-likeness (QED) is 0.0261. The Labute approximate surface area is 481 Å². The molecule has 0 aromatic heterocycles. The van der Waals surface area contributed by atoms with E-state index in [9.17, 15) is 14.4 Å². The third kappa shape index (κ3) is 62.4. The molecule has 0 aromatic carbocycles. The van der Waals surface area contributed by atoms with Crippen molar-refractivity contribution in [2.75, 3.05) is 13.2 Å². The van der Waals surface area contributed by atoms with E-state index < -0.39 is 6.10 Å². The molecule has 78 heavy (non-hydrogen) atoms. The van der Waals surface area contributed by atoms with Crippen LogP contribution in [0, 0.1) is 0 Å². The number of rotatable bonds is 57. The van der Waals surface area contributed by atoms with Crippen molar-refractivity contribution in [1.29, 1.82) is 0 Å². The van der Waals surface area contributed by atoms with E-state index in [4.69, 9.17) is 14.2 Å². The lowest BCUT2D eigenvalue weighted by Crippen LogP contribution is -2.30. The summed E-state index contributed by atoms with van der Waals surface area (Å²) in [5, 5.41) is 0. The summed E-state index contributed by atoms with van der Waals surface area (Å²) in [4.78, 5) is 38.3. The summed E-state index contributed by atoms with van der Waals surface area (Å²) in [6.45, 7) is 6.38. The molecule has 442 valence electrons. The van der Waals surface area contributed by atoms with Crippen LogP contribution in [-0.2, 0) is 28.6 Å². The van der Waals surface area contributed by atoms with Crippen LogP contribution in [0.4, 0.5) is 0 Å². The SMILES string of the molecule is CC/C=C\C/C=C\C/C=C\C/C=C\C/C=C\C/C=C\C/C=C\CCCCCCCCCC(=O)OCC(COC(=O)CCCC/C=C\C/C=C\C/C=C\C/C=C\CC)OC(=O)CCCCCCCCCCCCCCCCCC. The van der Waals surface area contributed by atoms with Gasteiger partial charge in [0.05, 0.1) is 0 Å². The molecule has 1 atom stereocenters. The average Bonchev–Trinajstić information content (AvgIpc) is 3.44. The van der Waals surface area contributed by atoms with Gasteiger partial charge in [-0.15, -0.1) is 0 Å². The zero-order chi connectivity index (χ0) is 56.4. The summed E-state index contributed by atoms with van der Waals surface area (Å²) < 4.78 is 16.9. The van der Waals surface area contributed by atoms with Crippen molar-refractivity contribution in [3.8, 4) is 0 Å². The molecule has 0 aliphatic heterocycles. The van der Waals surface area contributed by atoms with Crippen molar-refractivity contribution in [1.82, 2.24) is 0 Å². The first kappa shape index (κ1) is 73.5. The molecule has 0 fully saturated rings. The maximum Gasteiger partial charge on any atom is 0.306 e. The monoisotopic (exact) mass is 1080 g/mol. The van der Waals surface area contributed by atoms with E-state index in [0.717, 1.165) is 135 Å². The van der Waals surface area contributed by atoms with Gasteiger partial charge in [0.25, 0.3) is 0 Å². The lowest BCUT2D eigenvalue weighted by atomic mass is 10.0. The maximum absolute atomic E-state index is 12.9. The second kappa shape index (κ2) is 65.1. The van der Waals surface area contributed by atoms with E-state index in [1.165, 1.54) is 109 Å². The van der Waals surface area contributed by atoms with Gasteiger partial charge in [-0.2, -0.15) is 0 Å². The Morgan fingerprint density at radius 1 is 0.269 bits per heavy atom. The largest absolute Gasteiger partial charge is 0.462 e. The molecule has 1 unspecified atom stereocenters. The normalized spacial score (nSPS) is 13.0. The van der Waals surface area contributed by atoms with Gasteiger partial charge < -0.3 is 14.2 Å². The summed E-state index contributed by atoms with van der Waals surface area (Å²) in [6, 6.07) is 0. The number of carbonyl (C=O) groups is 3. The summed E-state index contributed by atoms with van der Waals surface area (Å²) in [7, 11) is 0. The highest BCUT2D eigenvalue weighted by Gasteiger charge is 2.19. The first-order chi connectivity index (χ1) is 38.5. The zero-order valence-electron chi connectivity index (χ0n) is 50.6. The predicted molar refractivity (Wildman–Crippen MR) is 339 cm³/mol. The molecule has 0 aliphatic carbocycles. The van der Waals surface area contributed by atoms with Gasteiger partial charge in [-0.1, -0.05) is 283 Å². The Kier molecular flexibility index (Phi) is 61.4. The summed E-state index contributed by atoms with van der Waals surface area (Å²) in [5.74, 6) is -0.946. The van der Waals surface area contributed by atoms with Gasteiger partial charge >= 0.3 is 17.9 Å². The maximum atomic E-state index is 12.9.